The lowest BCUT2D eigenvalue weighted by Gasteiger charge is -2.23. The van der Waals surface area contributed by atoms with Crippen LogP contribution < -0.4 is 0 Å². The number of hydrogen-bond acceptors (Lipinski definition) is 5. The Morgan fingerprint density at radius 3 is 1.28 bits per heavy atom. The average Bonchev–Trinajstić information content (AvgIpc) is 2.36. The van der Waals surface area contributed by atoms with Gasteiger partial charge in [-0.3, -0.25) is 0 Å². The molecule has 0 aromatic heterocycles. The Labute approximate surface area is 106 Å². The molecule has 0 atom stereocenters. The monoisotopic (exact) mass is 256 g/mol. The molecule has 1 aromatic rings. The van der Waals surface area contributed by atoms with Crippen LogP contribution in [0, 0.1) is 0 Å². The van der Waals surface area contributed by atoms with Gasteiger partial charge in [0.15, 0.2) is 0 Å². The Balaban J connectivity index is 3.74. The number of rotatable bonds is 5. The van der Waals surface area contributed by atoms with Crippen LogP contribution in [-0.2, 0) is 26.4 Å². The highest BCUT2D eigenvalue weighted by atomic mass is 16.3. The van der Waals surface area contributed by atoms with Gasteiger partial charge in [-0.2, -0.15) is 0 Å². The van der Waals surface area contributed by atoms with Crippen LogP contribution in [0.1, 0.15) is 47.6 Å². The molecule has 5 nitrogen and oxygen atoms in total. The fraction of sp³-hybridized carbons (Fsp3) is 0.538. The van der Waals surface area contributed by atoms with Crippen molar-refractivity contribution in [3.05, 3.63) is 27.8 Å². The maximum atomic E-state index is 9.98. The van der Waals surface area contributed by atoms with Gasteiger partial charge in [-0.05, 0) is 22.6 Å². The molecule has 102 valence electrons. The lowest BCUT2D eigenvalue weighted by atomic mass is 9.85. The zero-order chi connectivity index (χ0) is 13.9. The smallest absolute Gasteiger partial charge is 0.127 e. The van der Waals surface area contributed by atoms with E-state index in [1.54, 1.807) is 0 Å². The van der Waals surface area contributed by atoms with Gasteiger partial charge in [-0.15, -0.1) is 0 Å². The molecule has 1 aromatic carbocycles. The van der Waals surface area contributed by atoms with E-state index in [-0.39, 0.29) is 36.0 Å². The zero-order valence-corrected chi connectivity index (χ0v) is 10.6. The molecule has 0 aliphatic carbocycles. The second-order valence-corrected chi connectivity index (χ2v) is 4.46. The summed E-state index contributed by atoms with van der Waals surface area (Å²) in [4.78, 5) is 0. The second kappa shape index (κ2) is 6.15. The van der Waals surface area contributed by atoms with Gasteiger partial charge in [0, 0.05) is 11.1 Å². The van der Waals surface area contributed by atoms with Crippen molar-refractivity contribution in [2.45, 2.75) is 46.2 Å². The molecule has 0 saturated carbocycles. The fourth-order valence-electron chi connectivity index (χ4n) is 2.37. The van der Waals surface area contributed by atoms with Crippen molar-refractivity contribution in [1.82, 2.24) is 0 Å². The van der Waals surface area contributed by atoms with Crippen LogP contribution in [0.4, 0.5) is 0 Å². The first-order valence-electron chi connectivity index (χ1n) is 5.85. The second-order valence-electron chi connectivity index (χ2n) is 4.46. The molecule has 0 unspecified atom stereocenters. The molecule has 0 radical (unpaired) electrons. The molecule has 5 N–H and O–H groups in total. The summed E-state index contributed by atoms with van der Waals surface area (Å²) >= 11 is 0. The van der Waals surface area contributed by atoms with Crippen molar-refractivity contribution < 1.29 is 25.5 Å². The van der Waals surface area contributed by atoms with E-state index in [9.17, 15) is 25.5 Å². The SMILES string of the molecule is CC(C)c1c(CO)c(CO)c(O)c(CO)c1CO. The predicted molar refractivity (Wildman–Crippen MR) is 65.9 cm³/mol. The predicted octanol–water partition coefficient (Wildman–Crippen LogP) is 0.485. The van der Waals surface area contributed by atoms with Crippen LogP contribution in [0.2, 0.25) is 0 Å². The fourth-order valence-corrected chi connectivity index (χ4v) is 2.37. The molecule has 0 aliphatic heterocycles. The molecule has 0 fully saturated rings. The van der Waals surface area contributed by atoms with Crippen molar-refractivity contribution in [3.8, 4) is 5.75 Å². The molecule has 5 heteroatoms. The highest BCUT2D eigenvalue weighted by Crippen LogP contribution is 2.37. The zero-order valence-electron chi connectivity index (χ0n) is 10.6. The number of aliphatic hydroxyl groups excluding tert-OH is 4. The standard InChI is InChI=1S/C13H20O5/c1-7(2)12-8(3-14)10(5-16)13(18)11(6-17)9(12)4-15/h7,14-18H,3-6H2,1-2H3. The van der Waals surface area contributed by atoms with Crippen molar-refractivity contribution in [2.75, 3.05) is 0 Å². The molecule has 0 spiro atoms. The van der Waals surface area contributed by atoms with Crippen LogP contribution in [0.3, 0.4) is 0 Å². The van der Waals surface area contributed by atoms with Gasteiger partial charge in [-0.1, -0.05) is 13.8 Å². The van der Waals surface area contributed by atoms with Crippen LogP contribution in [-0.4, -0.2) is 25.5 Å². The molecule has 1 rings (SSSR count). The summed E-state index contributed by atoms with van der Waals surface area (Å²) in [5.41, 5.74) is 1.94. The normalized spacial score (nSPS) is 11.3. The first kappa shape index (κ1) is 14.9. The van der Waals surface area contributed by atoms with Gasteiger partial charge in [-0.25, -0.2) is 0 Å². The summed E-state index contributed by atoms with van der Waals surface area (Å²) in [5, 5.41) is 47.4. The minimum absolute atomic E-state index is 0.00880. The molecule has 0 saturated heterocycles. The van der Waals surface area contributed by atoms with Crippen LogP contribution in [0.5, 0.6) is 5.75 Å². The molecular weight excluding hydrogens is 236 g/mol. The Kier molecular flexibility index (Phi) is 5.10. The first-order valence-corrected chi connectivity index (χ1v) is 5.85. The summed E-state index contributed by atoms with van der Waals surface area (Å²) in [7, 11) is 0. The molecule has 0 heterocycles. The quantitative estimate of drug-likeness (QED) is 0.527. The first-order chi connectivity index (χ1) is 8.53. The van der Waals surface area contributed by atoms with Gasteiger partial charge >= 0.3 is 0 Å². The van der Waals surface area contributed by atoms with E-state index in [0.717, 1.165) is 0 Å². The van der Waals surface area contributed by atoms with E-state index in [1.807, 2.05) is 13.8 Å². The largest absolute Gasteiger partial charge is 0.507 e. The molecule has 0 aliphatic rings. The van der Waals surface area contributed by atoms with Crippen LogP contribution >= 0.6 is 0 Å². The average molecular weight is 256 g/mol. The number of aliphatic hydroxyl groups is 4. The summed E-state index contributed by atoms with van der Waals surface area (Å²) in [6.07, 6.45) is 0. The molecule has 0 amide bonds. The highest BCUT2D eigenvalue weighted by molar-refractivity contribution is 5.55. The Morgan fingerprint density at radius 2 is 1.06 bits per heavy atom. The van der Waals surface area contributed by atoms with Gasteiger partial charge in [0.2, 0.25) is 0 Å². The number of aromatic hydroxyl groups is 1. The van der Waals surface area contributed by atoms with E-state index in [0.29, 0.717) is 16.7 Å². The number of phenols is 1. The van der Waals surface area contributed by atoms with Gasteiger partial charge in [0.25, 0.3) is 0 Å². The van der Waals surface area contributed by atoms with Gasteiger partial charge in [0.05, 0.1) is 26.4 Å². The Morgan fingerprint density at radius 1 is 0.722 bits per heavy atom. The third-order valence-electron chi connectivity index (χ3n) is 3.16. The number of benzene rings is 1. The Bertz CT molecular complexity index is 393. The Hall–Kier alpha value is -1.14. The third kappa shape index (κ3) is 2.35. The summed E-state index contributed by atoms with van der Waals surface area (Å²) in [6.45, 7) is 2.23. The molecule has 0 bridgehead atoms. The summed E-state index contributed by atoms with van der Waals surface area (Å²) in [6, 6.07) is 0. The van der Waals surface area contributed by atoms with Crippen molar-refractivity contribution in [2.24, 2.45) is 0 Å². The van der Waals surface area contributed by atoms with E-state index in [2.05, 4.69) is 0 Å². The van der Waals surface area contributed by atoms with Crippen LogP contribution in [0.15, 0.2) is 0 Å². The molecule has 18 heavy (non-hydrogen) atoms. The van der Waals surface area contributed by atoms with Crippen LogP contribution in [0.25, 0.3) is 0 Å². The lowest BCUT2D eigenvalue weighted by molar-refractivity contribution is 0.238. The van der Waals surface area contributed by atoms with E-state index >= 15 is 0 Å². The van der Waals surface area contributed by atoms with Gasteiger partial charge in [0.1, 0.15) is 5.75 Å². The van der Waals surface area contributed by atoms with Crippen molar-refractivity contribution in [3.63, 3.8) is 0 Å². The minimum atomic E-state index is -0.430. The van der Waals surface area contributed by atoms with Crippen molar-refractivity contribution in [1.29, 1.82) is 0 Å². The van der Waals surface area contributed by atoms with Crippen molar-refractivity contribution >= 4 is 0 Å². The van der Waals surface area contributed by atoms with Gasteiger partial charge < -0.3 is 25.5 Å². The van der Waals surface area contributed by atoms with E-state index < -0.39 is 13.2 Å². The number of hydrogen-bond donors (Lipinski definition) is 5. The topological polar surface area (TPSA) is 101 Å². The van der Waals surface area contributed by atoms with E-state index in [4.69, 9.17) is 0 Å². The third-order valence-corrected chi connectivity index (χ3v) is 3.16. The van der Waals surface area contributed by atoms with E-state index in [1.165, 1.54) is 0 Å². The maximum absolute atomic E-state index is 9.98. The minimum Gasteiger partial charge on any atom is -0.507 e. The maximum Gasteiger partial charge on any atom is 0.127 e. The highest BCUT2D eigenvalue weighted by Gasteiger charge is 2.23. The lowest BCUT2D eigenvalue weighted by Crippen LogP contribution is -2.11. The summed E-state index contributed by atoms with van der Waals surface area (Å²) in [5.74, 6) is -0.261. The summed E-state index contributed by atoms with van der Waals surface area (Å²) < 4.78 is 0. The molecular formula is C13H20O5.